The summed E-state index contributed by atoms with van der Waals surface area (Å²) in [5.41, 5.74) is 3.39. The first kappa shape index (κ1) is 26.5. The van der Waals surface area contributed by atoms with Gasteiger partial charge in [0.2, 0.25) is 5.91 Å². The van der Waals surface area contributed by atoms with E-state index >= 15 is 0 Å². The molecule has 0 bridgehead atoms. The number of nitrogens with zero attached hydrogens (tertiary/aromatic N) is 3. The Balaban J connectivity index is 1.24. The summed E-state index contributed by atoms with van der Waals surface area (Å²) in [4.78, 5) is 30.8. The molecule has 3 aliphatic heterocycles. The van der Waals surface area contributed by atoms with Crippen LogP contribution in [0.5, 0.6) is 0 Å². The average molecular weight is 556 g/mol. The smallest absolute Gasteiger partial charge is 0.317 e. The quantitative estimate of drug-likeness (QED) is 0.338. The van der Waals surface area contributed by atoms with Crippen LogP contribution in [0, 0.1) is 11.8 Å². The van der Waals surface area contributed by atoms with Crippen LogP contribution in [-0.2, 0) is 23.3 Å². The summed E-state index contributed by atoms with van der Waals surface area (Å²) in [5, 5.41) is 8.24. The van der Waals surface area contributed by atoms with E-state index in [1.807, 2.05) is 47.4 Å². The van der Waals surface area contributed by atoms with Crippen molar-refractivity contribution in [3.05, 3.63) is 77.5 Å². The molecule has 6 rings (SSSR count). The van der Waals surface area contributed by atoms with Gasteiger partial charge in [-0.3, -0.25) is 4.79 Å². The van der Waals surface area contributed by atoms with Gasteiger partial charge >= 0.3 is 6.03 Å². The number of rotatable bonds is 6. The minimum Gasteiger partial charge on any atom is -0.343 e. The molecular weight excluding hydrogens is 522 g/mol. The van der Waals surface area contributed by atoms with Gasteiger partial charge in [0, 0.05) is 59.4 Å². The Bertz CT molecular complexity index is 1520. The van der Waals surface area contributed by atoms with Crippen molar-refractivity contribution in [2.75, 3.05) is 31.1 Å². The average Bonchev–Trinajstić information content (AvgIpc) is 3.39. The maximum Gasteiger partial charge on any atom is 0.317 e. The number of benzene rings is 2. The number of likely N-dealkylation sites (tertiary alicyclic amines) is 1. The van der Waals surface area contributed by atoms with Crippen molar-refractivity contribution in [1.82, 2.24) is 20.1 Å². The van der Waals surface area contributed by atoms with E-state index in [0.29, 0.717) is 24.7 Å². The highest BCUT2D eigenvalue weighted by Crippen LogP contribution is 2.48. The number of fused-ring (bicyclic) bond motifs is 3. The van der Waals surface area contributed by atoms with Crippen LogP contribution in [0.25, 0.3) is 10.9 Å². The summed E-state index contributed by atoms with van der Waals surface area (Å²) < 4.78 is 2.28. The Morgan fingerprint density at radius 2 is 1.98 bits per heavy atom. The van der Waals surface area contributed by atoms with Gasteiger partial charge in [-0.25, -0.2) is 4.79 Å². The molecule has 3 amide bonds. The van der Waals surface area contributed by atoms with E-state index in [9.17, 15) is 9.59 Å². The lowest BCUT2D eigenvalue weighted by Gasteiger charge is -2.47. The highest BCUT2D eigenvalue weighted by atomic mass is 35.5. The molecule has 1 spiro atoms. The molecule has 0 aliphatic carbocycles. The fourth-order valence-corrected chi connectivity index (χ4v) is 6.55. The van der Waals surface area contributed by atoms with E-state index in [1.54, 1.807) is 11.0 Å². The number of allylic oxidation sites excluding steroid dienone is 1. The van der Waals surface area contributed by atoms with Crippen molar-refractivity contribution in [2.45, 2.75) is 50.2 Å². The molecule has 3 aromatic rings. The van der Waals surface area contributed by atoms with Gasteiger partial charge in [0.1, 0.15) is 5.41 Å². The van der Waals surface area contributed by atoms with Crippen LogP contribution in [0.15, 0.2) is 61.2 Å². The van der Waals surface area contributed by atoms with E-state index in [0.717, 1.165) is 73.2 Å². The number of carbonyl (C=O) groups excluding carboxylic acids is 2. The molecule has 0 atom stereocenters. The van der Waals surface area contributed by atoms with Crippen LogP contribution in [0.1, 0.15) is 36.9 Å². The Labute approximate surface area is 240 Å². The SMILES string of the molecule is C=CC#CCCCn1c(CN2C(=O)C3(CN(C(=O)NC4CCNCC4)C3)c3ccccc32)cc2cc(Cl)ccc21. The number of amides is 3. The molecule has 3 aliphatic rings. The predicted molar refractivity (Wildman–Crippen MR) is 159 cm³/mol. The van der Waals surface area contributed by atoms with Crippen molar-refractivity contribution in [1.29, 1.82) is 0 Å². The first-order valence-electron chi connectivity index (χ1n) is 14.0. The fourth-order valence-electron chi connectivity index (χ4n) is 6.37. The van der Waals surface area contributed by atoms with Crippen molar-refractivity contribution in [2.24, 2.45) is 0 Å². The molecule has 2 aromatic carbocycles. The van der Waals surface area contributed by atoms with Gasteiger partial charge in [-0.05, 0) is 74.3 Å². The van der Waals surface area contributed by atoms with Gasteiger partial charge < -0.3 is 25.0 Å². The number of piperidine rings is 1. The zero-order chi connectivity index (χ0) is 27.7. The molecule has 7 nitrogen and oxygen atoms in total. The molecule has 4 heterocycles. The number of urea groups is 1. The molecule has 2 saturated heterocycles. The zero-order valence-corrected chi connectivity index (χ0v) is 23.3. The number of para-hydroxylation sites is 1. The lowest BCUT2D eigenvalue weighted by Crippen LogP contribution is -2.67. The topological polar surface area (TPSA) is 69.6 Å². The maximum absolute atomic E-state index is 14.1. The van der Waals surface area contributed by atoms with Crippen molar-refractivity contribution in [3.63, 3.8) is 0 Å². The van der Waals surface area contributed by atoms with Crippen LogP contribution < -0.4 is 15.5 Å². The molecular formula is C32H34ClN5O2. The molecule has 1 aromatic heterocycles. The minimum atomic E-state index is -0.692. The molecule has 2 N–H and O–H groups in total. The van der Waals surface area contributed by atoms with Crippen molar-refractivity contribution in [3.8, 4) is 11.8 Å². The highest BCUT2D eigenvalue weighted by Gasteiger charge is 2.59. The zero-order valence-electron chi connectivity index (χ0n) is 22.6. The van der Waals surface area contributed by atoms with Crippen LogP contribution in [0.4, 0.5) is 10.5 Å². The summed E-state index contributed by atoms with van der Waals surface area (Å²) in [6, 6.07) is 16.2. The third-order valence-electron chi connectivity index (χ3n) is 8.40. The number of hydrogen-bond acceptors (Lipinski definition) is 3. The first-order chi connectivity index (χ1) is 19.5. The van der Waals surface area contributed by atoms with E-state index in [1.165, 1.54) is 0 Å². The Morgan fingerprint density at radius 3 is 2.77 bits per heavy atom. The highest BCUT2D eigenvalue weighted by molar-refractivity contribution is 6.31. The number of aryl methyl sites for hydroxylation is 1. The monoisotopic (exact) mass is 555 g/mol. The number of unbranched alkanes of at least 4 members (excludes halogenated alkanes) is 1. The molecule has 8 heteroatoms. The number of anilines is 1. The summed E-state index contributed by atoms with van der Waals surface area (Å²) in [5.74, 6) is 6.10. The molecule has 0 saturated carbocycles. The fraction of sp³-hybridized carbons (Fsp3) is 0.375. The summed E-state index contributed by atoms with van der Waals surface area (Å²) >= 11 is 6.32. The lowest BCUT2D eigenvalue weighted by molar-refractivity contribution is -0.127. The number of halogens is 1. The summed E-state index contributed by atoms with van der Waals surface area (Å²) in [6.07, 6.45) is 5.13. The van der Waals surface area contributed by atoms with Gasteiger partial charge in [-0.1, -0.05) is 48.2 Å². The van der Waals surface area contributed by atoms with E-state index in [2.05, 4.69) is 39.7 Å². The predicted octanol–water partition coefficient (Wildman–Crippen LogP) is 4.83. The number of carbonyl (C=O) groups is 2. The van der Waals surface area contributed by atoms with Crippen LogP contribution >= 0.6 is 11.6 Å². The summed E-state index contributed by atoms with van der Waals surface area (Å²) in [7, 11) is 0. The normalized spacial score (nSPS) is 17.9. The molecule has 40 heavy (non-hydrogen) atoms. The van der Waals surface area contributed by atoms with E-state index in [-0.39, 0.29) is 18.0 Å². The maximum atomic E-state index is 14.1. The van der Waals surface area contributed by atoms with Gasteiger partial charge in [0.15, 0.2) is 0 Å². The third kappa shape index (κ3) is 4.76. The Morgan fingerprint density at radius 1 is 1.18 bits per heavy atom. The Kier molecular flexibility index (Phi) is 7.31. The van der Waals surface area contributed by atoms with Crippen LogP contribution in [-0.4, -0.2) is 53.6 Å². The van der Waals surface area contributed by atoms with E-state index in [4.69, 9.17) is 11.6 Å². The third-order valence-corrected chi connectivity index (χ3v) is 8.63. The van der Waals surface area contributed by atoms with E-state index < -0.39 is 5.41 Å². The van der Waals surface area contributed by atoms with Gasteiger partial charge in [-0.15, -0.1) is 0 Å². The largest absolute Gasteiger partial charge is 0.343 e. The number of nitrogens with one attached hydrogen (secondary N) is 2. The molecule has 0 unspecified atom stereocenters. The standard InChI is InChI=1S/C32H34ClN5O2/c1-2-3-4-5-8-17-37-26(19-23-18-24(33)11-12-28(23)37)20-38-29-10-7-6-9-27(29)32(30(38)39)21-36(22-32)31(40)35-25-13-15-34-16-14-25/h2,6-7,9-12,18-19,25,34H,1,5,8,13-17,20-22H2,(H,35,40). The van der Waals surface area contributed by atoms with Crippen molar-refractivity contribution < 1.29 is 9.59 Å². The second-order valence-electron chi connectivity index (χ2n) is 10.9. The van der Waals surface area contributed by atoms with Crippen LogP contribution in [0.2, 0.25) is 5.02 Å². The summed E-state index contributed by atoms with van der Waals surface area (Å²) in [6.45, 7) is 7.53. The lowest BCUT2D eigenvalue weighted by atomic mass is 9.75. The molecule has 0 radical (unpaired) electrons. The second-order valence-corrected chi connectivity index (χ2v) is 11.4. The minimum absolute atomic E-state index is 0.0614. The molecule has 206 valence electrons. The Hall–Kier alpha value is -3.73. The molecule has 2 fully saturated rings. The van der Waals surface area contributed by atoms with Crippen LogP contribution in [0.3, 0.4) is 0 Å². The number of hydrogen-bond donors (Lipinski definition) is 2. The van der Waals surface area contributed by atoms with Crippen molar-refractivity contribution >= 4 is 40.1 Å². The van der Waals surface area contributed by atoms with Gasteiger partial charge in [-0.2, -0.15) is 0 Å². The second kappa shape index (κ2) is 11.0. The van der Waals surface area contributed by atoms with Gasteiger partial charge in [0.25, 0.3) is 0 Å². The first-order valence-corrected chi connectivity index (χ1v) is 14.4. The van der Waals surface area contributed by atoms with Gasteiger partial charge in [0.05, 0.1) is 6.54 Å². The number of aromatic nitrogens is 1.